The zero-order chi connectivity index (χ0) is 17.2. The topological polar surface area (TPSA) is 32.8 Å². The molecule has 2 atom stereocenters. The molecule has 4 nitrogen and oxygen atoms in total. The van der Waals surface area contributed by atoms with Gasteiger partial charge in [0.15, 0.2) is 0 Å². The van der Waals surface area contributed by atoms with Crippen molar-refractivity contribution in [1.29, 1.82) is 0 Å². The van der Waals surface area contributed by atoms with E-state index in [0.717, 1.165) is 32.5 Å². The lowest BCUT2D eigenvalue weighted by Gasteiger charge is -2.51. The number of carbonyl (C=O) groups excluding carboxylic acids is 1. The zero-order valence-electron chi connectivity index (χ0n) is 15.0. The van der Waals surface area contributed by atoms with E-state index in [1.807, 2.05) is 11.0 Å². The van der Waals surface area contributed by atoms with Crippen LogP contribution in [0.5, 0.6) is 0 Å². The molecule has 2 aliphatic rings. The van der Waals surface area contributed by atoms with Crippen molar-refractivity contribution < 1.29 is 9.53 Å². The van der Waals surface area contributed by atoms with Gasteiger partial charge >= 0.3 is 6.09 Å². The molecule has 1 saturated heterocycles. The number of nitrogens with zero attached hydrogens (tertiary/aromatic N) is 2. The molecule has 24 heavy (non-hydrogen) atoms. The molecule has 0 saturated carbocycles. The minimum absolute atomic E-state index is 0.183. The Hall–Kier alpha value is -1.81. The van der Waals surface area contributed by atoms with Crippen LogP contribution in [-0.2, 0) is 11.3 Å². The summed E-state index contributed by atoms with van der Waals surface area (Å²) >= 11 is 0. The van der Waals surface area contributed by atoms with Gasteiger partial charge < -0.3 is 4.74 Å². The third-order valence-electron chi connectivity index (χ3n) is 5.07. The molecule has 2 aliphatic heterocycles. The first-order valence-corrected chi connectivity index (χ1v) is 8.91. The number of piperazine rings is 1. The molecule has 2 bridgehead atoms. The third-order valence-corrected chi connectivity index (χ3v) is 5.07. The number of rotatable bonds is 5. The van der Waals surface area contributed by atoms with Gasteiger partial charge in [-0.2, -0.15) is 0 Å². The van der Waals surface area contributed by atoms with E-state index in [0.29, 0.717) is 6.61 Å². The van der Waals surface area contributed by atoms with E-state index in [1.165, 1.54) is 5.56 Å². The molecular weight excluding hydrogens is 300 g/mol. The SMILES string of the molecule is CCCCOC(=O)N1C2(C)C=CC1(C)CN(Cc1ccccc1)C2. The van der Waals surface area contributed by atoms with Crippen LogP contribution in [0.3, 0.4) is 0 Å². The number of hydrogen-bond donors (Lipinski definition) is 0. The number of fused-ring (bicyclic) bond motifs is 2. The van der Waals surface area contributed by atoms with Gasteiger partial charge in [0.2, 0.25) is 0 Å². The highest BCUT2D eigenvalue weighted by atomic mass is 16.6. The summed E-state index contributed by atoms with van der Waals surface area (Å²) in [6.07, 6.45) is 6.13. The molecule has 1 aromatic carbocycles. The molecule has 2 heterocycles. The van der Waals surface area contributed by atoms with Crippen LogP contribution in [0.25, 0.3) is 0 Å². The van der Waals surface area contributed by atoms with Crippen LogP contribution in [-0.4, -0.2) is 46.7 Å². The quantitative estimate of drug-likeness (QED) is 0.608. The largest absolute Gasteiger partial charge is 0.449 e. The van der Waals surface area contributed by atoms with Gasteiger partial charge in [-0.3, -0.25) is 9.80 Å². The van der Waals surface area contributed by atoms with Crippen LogP contribution in [0.1, 0.15) is 39.2 Å². The smallest absolute Gasteiger partial charge is 0.411 e. The predicted molar refractivity (Wildman–Crippen MR) is 95.8 cm³/mol. The molecular formula is C20H28N2O2. The van der Waals surface area contributed by atoms with Gasteiger partial charge in [-0.25, -0.2) is 4.79 Å². The Morgan fingerprint density at radius 2 is 1.75 bits per heavy atom. The van der Waals surface area contributed by atoms with Crippen LogP contribution >= 0.6 is 0 Å². The zero-order valence-corrected chi connectivity index (χ0v) is 15.0. The summed E-state index contributed by atoms with van der Waals surface area (Å²) in [4.78, 5) is 17.0. The second-order valence-corrected chi connectivity index (χ2v) is 7.48. The van der Waals surface area contributed by atoms with Gasteiger partial charge in [0.05, 0.1) is 17.7 Å². The second kappa shape index (κ2) is 6.60. The van der Waals surface area contributed by atoms with Crippen molar-refractivity contribution in [1.82, 2.24) is 9.80 Å². The Kier molecular flexibility index (Phi) is 4.68. The van der Waals surface area contributed by atoms with Crippen molar-refractivity contribution in [2.24, 2.45) is 0 Å². The van der Waals surface area contributed by atoms with Crippen LogP contribution in [0, 0.1) is 0 Å². The maximum atomic E-state index is 12.7. The molecule has 2 unspecified atom stereocenters. The average molecular weight is 328 g/mol. The fourth-order valence-corrected chi connectivity index (χ4v) is 4.04. The Morgan fingerprint density at radius 3 is 2.33 bits per heavy atom. The summed E-state index contributed by atoms with van der Waals surface area (Å²) < 4.78 is 5.52. The van der Waals surface area contributed by atoms with Gasteiger partial charge in [-0.1, -0.05) is 55.8 Å². The molecule has 0 aromatic heterocycles. The molecule has 1 aromatic rings. The van der Waals surface area contributed by atoms with Crippen LogP contribution < -0.4 is 0 Å². The van der Waals surface area contributed by atoms with Crippen molar-refractivity contribution in [3.63, 3.8) is 0 Å². The number of carbonyl (C=O) groups is 1. The molecule has 0 radical (unpaired) electrons. The normalized spacial score (nSPS) is 29.0. The Morgan fingerprint density at radius 1 is 1.12 bits per heavy atom. The first-order valence-electron chi connectivity index (χ1n) is 8.91. The monoisotopic (exact) mass is 328 g/mol. The molecule has 1 amide bonds. The highest BCUT2D eigenvalue weighted by molar-refractivity contribution is 5.72. The highest BCUT2D eigenvalue weighted by Crippen LogP contribution is 2.41. The second-order valence-electron chi connectivity index (χ2n) is 7.48. The van der Waals surface area contributed by atoms with Crippen molar-refractivity contribution in [3.8, 4) is 0 Å². The minimum atomic E-state index is -0.301. The number of unbranched alkanes of at least 4 members (excludes halogenated alkanes) is 1. The van der Waals surface area contributed by atoms with Crippen molar-refractivity contribution in [2.45, 2.75) is 51.2 Å². The lowest BCUT2D eigenvalue weighted by Crippen LogP contribution is -2.67. The number of benzene rings is 1. The van der Waals surface area contributed by atoms with Gasteiger partial charge in [-0.05, 0) is 25.8 Å². The summed E-state index contributed by atoms with van der Waals surface area (Å²) in [6, 6.07) is 10.5. The summed E-state index contributed by atoms with van der Waals surface area (Å²) in [5.74, 6) is 0. The van der Waals surface area contributed by atoms with E-state index >= 15 is 0 Å². The maximum absolute atomic E-state index is 12.7. The van der Waals surface area contributed by atoms with Crippen LogP contribution in [0.15, 0.2) is 42.5 Å². The lowest BCUT2D eigenvalue weighted by molar-refractivity contribution is -0.0240. The number of ether oxygens (including phenoxy) is 1. The molecule has 130 valence electrons. The minimum Gasteiger partial charge on any atom is -0.449 e. The third kappa shape index (κ3) is 3.20. The van der Waals surface area contributed by atoms with Crippen molar-refractivity contribution in [3.05, 3.63) is 48.0 Å². The Bertz CT molecular complexity index is 593. The van der Waals surface area contributed by atoms with Crippen LogP contribution in [0.4, 0.5) is 4.79 Å². The molecule has 3 rings (SSSR count). The Balaban J connectivity index is 1.72. The molecule has 1 fully saturated rings. The highest BCUT2D eigenvalue weighted by Gasteiger charge is 2.54. The van der Waals surface area contributed by atoms with Gasteiger partial charge in [0.25, 0.3) is 0 Å². The van der Waals surface area contributed by atoms with E-state index in [9.17, 15) is 4.79 Å². The predicted octanol–water partition coefficient (Wildman–Crippen LogP) is 3.83. The van der Waals surface area contributed by atoms with Gasteiger partial charge in [0.1, 0.15) is 0 Å². The van der Waals surface area contributed by atoms with Gasteiger partial charge in [-0.15, -0.1) is 0 Å². The molecule has 0 N–H and O–H groups in total. The number of amides is 1. The van der Waals surface area contributed by atoms with E-state index in [1.54, 1.807) is 0 Å². The van der Waals surface area contributed by atoms with Crippen molar-refractivity contribution in [2.75, 3.05) is 19.7 Å². The molecule has 0 aliphatic carbocycles. The van der Waals surface area contributed by atoms with Gasteiger partial charge in [0, 0.05) is 19.6 Å². The van der Waals surface area contributed by atoms with E-state index in [-0.39, 0.29) is 17.2 Å². The first kappa shape index (κ1) is 17.0. The Labute approximate surface area is 145 Å². The fraction of sp³-hybridized carbons (Fsp3) is 0.550. The summed E-state index contributed by atoms with van der Waals surface area (Å²) in [5, 5.41) is 0. The van der Waals surface area contributed by atoms with Crippen molar-refractivity contribution >= 4 is 6.09 Å². The summed E-state index contributed by atoms with van der Waals surface area (Å²) in [5.41, 5.74) is 0.707. The van der Waals surface area contributed by atoms with E-state index < -0.39 is 0 Å². The average Bonchev–Trinajstić information content (AvgIpc) is 2.71. The summed E-state index contributed by atoms with van der Waals surface area (Å²) in [6.45, 7) is 9.44. The molecule has 4 heteroatoms. The summed E-state index contributed by atoms with van der Waals surface area (Å²) in [7, 11) is 0. The first-order chi connectivity index (χ1) is 11.5. The van der Waals surface area contributed by atoms with E-state index in [2.05, 4.69) is 62.1 Å². The molecule has 0 spiro atoms. The maximum Gasteiger partial charge on any atom is 0.411 e. The number of hydrogen-bond acceptors (Lipinski definition) is 3. The van der Waals surface area contributed by atoms with E-state index in [4.69, 9.17) is 4.74 Å². The fourth-order valence-electron chi connectivity index (χ4n) is 4.04. The lowest BCUT2D eigenvalue weighted by atomic mass is 9.93. The van der Waals surface area contributed by atoms with Crippen LogP contribution in [0.2, 0.25) is 0 Å². The standard InChI is InChI=1S/C20H28N2O2/c1-4-5-13-24-18(23)22-19(2)11-12-20(22,3)16-21(15-19)14-17-9-7-6-8-10-17/h6-12H,4-5,13-16H2,1-3H3.